The molecule has 0 radical (unpaired) electrons. The summed E-state index contributed by atoms with van der Waals surface area (Å²) in [6, 6.07) is 2.62. The lowest BCUT2D eigenvalue weighted by molar-refractivity contribution is -0.121. The van der Waals surface area contributed by atoms with Crippen molar-refractivity contribution in [2.45, 2.75) is 25.3 Å². The Labute approximate surface area is 114 Å². The number of benzene rings is 1. The fourth-order valence-electron chi connectivity index (χ4n) is 1.76. The summed E-state index contributed by atoms with van der Waals surface area (Å²) in [7, 11) is 0. The summed E-state index contributed by atoms with van der Waals surface area (Å²) in [5.41, 5.74) is 5.39. The molecule has 1 aliphatic rings. The van der Waals surface area contributed by atoms with Gasteiger partial charge < -0.3 is 11.1 Å². The minimum atomic E-state index is -0.923. The Morgan fingerprint density at radius 1 is 1.44 bits per heavy atom. The third kappa shape index (κ3) is 2.60. The van der Waals surface area contributed by atoms with Crippen LogP contribution in [-0.2, 0) is 4.79 Å². The van der Waals surface area contributed by atoms with E-state index in [1.54, 1.807) is 6.92 Å². The first-order chi connectivity index (χ1) is 8.32. The number of hydrogen-bond donors (Lipinski definition) is 2. The molecule has 3 nitrogen and oxygen atoms in total. The second-order valence-electron chi connectivity index (χ2n) is 4.76. The second kappa shape index (κ2) is 4.68. The predicted octanol–water partition coefficient (Wildman–Crippen LogP) is 3.20. The molecule has 1 amide bonds. The van der Waals surface area contributed by atoms with Crippen LogP contribution in [-0.4, -0.2) is 11.4 Å². The summed E-state index contributed by atoms with van der Waals surface area (Å²) in [6.07, 6.45) is 1.90. The maximum Gasteiger partial charge on any atom is 0.244 e. The van der Waals surface area contributed by atoms with Gasteiger partial charge in [0, 0.05) is 5.69 Å². The zero-order valence-electron chi connectivity index (χ0n) is 9.77. The number of anilines is 1. The minimum absolute atomic E-state index is 0.136. The molecule has 0 spiro atoms. The Hall–Kier alpha value is -0.840. The van der Waals surface area contributed by atoms with Gasteiger partial charge >= 0.3 is 0 Å². The Bertz CT molecular complexity index is 478. The van der Waals surface area contributed by atoms with Crippen LogP contribution < -0.4 is 11.1 Å². The van der Waals surface area contributed by atoms with Crippen molar-refractivity contribution in [2.24, 2.45) is 11.7 Å². The lowest BCUT2D eigenvalue weighted by Gasteiger charge is -2.23. The molecule has 2 rings (SSSR count). The average molecular weight is 291 g/mol. The molecule has 0 aliphatic heterocycles. The Morgan fingerprint density at radius 3 is 2.39 bits per heavy atom. The Morgan fingerprint density at radius 2 is 1.94 bits per heavy atom. The lowest BCUT2D eigenvalue weighted by atomic mass is 9.96. The van der Waals surface area contributed by atoms with Crippen molar-refractivity contribution in [1.82, 2.24) is 0 Å². The van der Waals surface area contributed by atoms with Crippen LogP contribution in [0.4, 0.5) is 10.1 Å². The summed E-state index contributed by atoms with van der Waals surface area (Å²) in [4.78, 5) is 12.0. The van der Waals surface area contributed by atoms with Gasteiger partial charge in [-0.1, -0.05) is 23.2 Å². The smallest absolute Gasteiger partial charge is 0.244 e. The molecule has 98 valence electrons. The molecule has 1 unspecified atom stereocenters. The normalized spacial score (nSPS) is 18.3. The van der Waals surface area contributed by atoms with Gasteiger partial charge in [-0.2, -0.15) is 0 Å². The highest BCUT2D eigenvalue weighted by Crippen LogP contribution is 2.38. The molecule has 1 aromatic rings. The van der Waals surface area contributed by atoms with Crippen LogP contribution in [0, 0.1) is 11.7 Å². The first kappa shape index (κ1) is 13.6. The molecule has 1 fully saturated rings. The van der Waals surface area contributed by atoms with Crippen molar-refractivity contribution in [3.8, 4) is 0 Å². The van der Waals surface area contributed by atoms with Crippen molar-refractivity contribution in [1.29, 1.82) is 0 Å². The minimum Gasteiger partial charge on any atom is -0.324 e. The van der Waals surface area contributed by atoms with Crippen LogP contribution in [0.5, 0.6) is 0 Å². The molecular formula is C12H13Cl2FN2O. The largest absolute Gasteiger partial charge is 0.324 e. The fraction of sp³-hybridized carbons (Fsp3) is 0.417. The van der Waals surface area contributed by atoms with Crippen molar-refractivity contribution in [2.75, 3.05) is 5.32 Å². The number of carbonyl (C=O) groups excluding carboxylic acids is 1. The lowest BCUT2D eigenvalue weighted by Crippen LogP contribution is -2.50. The number of rotatable bonds is 3. The SMILES string of the molecule is CC(N)(C(=O)Nc1cc(Cl)c(F)c(Cl)c1)C1CC1. The second-order valence-corrected chi connectivity index (χ2v) is 5.58. The molecular weight excluding hydrogens is 278 g/mol. The number of carbonyl (C=O) groups is 1. The van der Waals surface area contributed by atoms with E-state index in [1.807, 2.05) is 0 Å². The fourth-order valence-corrected chi connectivity index (χ4v) is 2.25. The number of amides is 1. The van der Waals surface area contributed by atoms with E-state index in [9.17, 15) is 9.18 Å². The number of nitrogens with one attached hydrogen (secondary N) is 1. The van der Waals surface area contributed by atoms with Crippen LogP contribution in [0.3, 0.4) is 0 Å². The topological polar surface area (TPSA) is 55.1 Å². The summed E-state index contributed by atoms with van der Waals surface area (Å²) in [6.45, 7) is 1.69. The highest BCUT2D eigenvalue weighted by Gasteiger charge is 2.44. The maximum absolute atomic E-state index is 13.2. The van der Waals surface area contributed by atoms with E-state index in [1.165, 1.54) is 12.1 Å². The van der Waals surface area contributed by atoms with E-state index >= 15 is 0 Å². The average Bonchev–Trinajstić information content (AvgIpc) is 3.09. The van der Waals surface area contributed by atoms with Gasteiger partial charge in [0.15, 0.2) is 5.82 Å². The van der Waals surface area contributed by atoms with E-state index in [0.717, 1.165) is 12.8 Å². The van der Waals surface area contributed by atoms with Gasteiger partial charge in [0.1, 0.15) is 0 Å². The van der Waals surface area contributed by atoms with E-state index in [4.69, 9.17) is 28.9 Å². The van der Waals surface area contributed by atoms with E-state index < -0.39 is 11.4 Å². The molecule has 0 aromatic heterocycles. The number of hydrogen-bond acceptors (Lipinski definition) is 2. The first-order valence-corrected chi connectivity index (χ1v) is 6.33. The zero-order chi connectivity index (χ0) is 13.5. The summed E-state index contributed by atoms with van der Waals surface area (Å²) >= 11 is 11.3. The predicted molar refractivity (Wildman–Crippen MR) is 70.4 cm³/mol. The molecule has 3 N–H and O–H groups in total. The van der Waals surface area contributed by atoms with Gasteiger partial charge in [0.25, 0.3) is 0 Å². The van der Waals surface area contributed by atoms with Gasteiger partial charge in [-0.05, 0) is 37.8 Å². The van der Waals surface area contributed by atoms with Gasteiger partial charge in [-0.3, -0.25) is 4.79 Å². The van der Waals surface area contributed by atoms with Gasteiger partial charge in [-0.15, -0.1) is 0 Å². The number of halogens is 3. The van der Waals surface area contributed by atoms with Crippen LogP contribution in [0.1, 0.15) is 19.8 Å². The van der Waals surface area contributed by atoms with Crippen LogP contribution in [0.2, 0.25) is 10.0 Å². The quantitative estimate of drug-likeness (QED) is 0.840. The van der Waals surface area contributed by atoms with Crippen molar-refractivity contribution in [3.63, 3.8) is 0 Å². The maximum atomic E-state index is 13.2. The van der Waals surface area contributed by atoms with E-state index in [0.29, 0.717) is 5.69 Å². The number of nitrogens with two attached hydrogens (primary N) is 1. The molecule has 18 heavy (non-hydrogen) atoms. The molecule has 6 heteroatoms. The summed E-state index contributed by atoms with van der Waals surface area (Å²) in [5.74, 6) is -0.818. The summed E-state index contributed by atoms with van der Waals surface area (Å²) in [5, 5.41) is 2.34. The molecule has 0 saturated heterocycles. The summed E-state index contributed by atoms with van der Waals surface area (Å²) < 4.78 is 13.2. The van der Waals surface area contributed by atoms with Crippen molar-refractivity contribution < 1.29 is 9.18 Å². The molecule has 0 bridgehead atoms. The zero-order valence-corrected chi connectivity index (χ0v) is 11.3. The van der Waals surface area contributed by atoms with E-state index in [2.05, 4.69) is 5.32 Å². The Balaban J connectivity index is 2.16. The monoisotopic (exact) mass is 290 g/mol. The van der Waals surface area contributed by atoms with Gasteiger partial charge in [-0.25, -0.2) is 4.39 Å². The van der Waals surface area contributed by atoms with Crippen LogP contribution in [0.15, 0.2) is 12.1 Å². The van der Waals surface area contributed by atoms with Crippen molar-refractivity contribution >= 4 is 34.8 Å². The van der Waals surface area contributed by atoms with Crippen LogP contribution >= 0.6 is 23.2 Å². The third-order valence-electron chi connectivity index (χ3n) is 3.16. The standard InChI is InChI=1S/C12H13Cl2FN2O/c1-12(16,6-2-3-6)11(18)17-7-4-8(13)10(15)9(14)5-7/h4-6H,2-3,16H2,1H3,(H,17,18). The molecule has 0 heterocycles. The van der Waals surface area contributed by atoms with Gasteiger partial charge in [0.05, 0.1) is 15.6 Å². The molecule has 1 saturated carbocycles. The highest BCUT2D eigenvalue weighted by atomic mass is 35.5. The van der Waals surface area contributed by atoms with Crippen LogP contribution in [0.25, 0.3) is 0 Å². The first-order valence-electron chi connectivity index (χ1n) is 5.57. The van der Waals surface area contributed by atoms with Crippen molar-refractivity contribution in [3.05, 3.63) is 28.0 Å². The third-order valence-corrected chi connectivity index (χ3v) is 3.71. The molecule has 1 atom stereocenters. The Kier molecular flexibility index (Phi) is 3.54. The van der Waals surface area contributed by atoms with E-state index in [-0.39, 0.29) is 21.9 Å². The molecule has 1 aromatic carbocycles. The molecule has 1 aliphatic carbocycles. The van der Waals surface area contributed by atoms with Gasteiger partial charge in [0.2, 0.25) is 5.91 Å². The highest BCUT2D eigenvalue weighted by molar-refractivity contribution is 6.35.